The molecule has 41 heavy (non-hydrogen) atoms. The molecule has 1 aliphatic carbocycles. The molecule has 1 aromatic carbocycles. The monoisotopic (exact) mass is 574 g/mol. The summed E-state index contributed by atoms with van der Waals surface area (Å²) in [4.78, 5) is 30.8. The lowest BCUT2D eigenvalue weighted by molar-refractivity contribution is 0.0566. The number of pyridine rings is 1. The van der Waals surface area contributed by atoms with E-state index in [-0.39, 0.29) is 41.3 Å². The van der Waals surface area contributed by atoms with Crippen LogP contribution in [0.2, 0.25) is 0 Å². The van der Waals surface area contributed by atoms with E-state index in [1.807, 2.05) is 0 Å². The van der Waals surface area contributed by atoms with Crippen molar-refractivity contribution in [2.45, 2.75) is 57.4 Å². The van der Waals surface area contributed by atoms with E-state index in [0.717, 1.165) is 25.2 Å². The van der Waals surface area contributed by atoms with Crippen molar-refractivity contribution in [1.29, 1.82) is 0 Å². The number of carboxylic acid groups (broad SMARTS) is 1. The van der Waals surface area contributed by atoms with E-state index < -0.39 is 36.5 Å². The number of carbonyl (C=O) groups is 2. The summed E-state index contributed by atoms with van der Waals surface area (Å²) in [7, 11) is 3.00. The Balaban J connectivity index is 1.54. The van der Waals surface area contributed by atoms with Crippen molar-refractivity contribution in [3.05, 3.63) is 53.1 Å². The Morgan fingerprint density at radius 1 is 1.20 bits per heavy atom. The van der Waals surface area contributed by atoms with Crippen LogP contribution in [-0.4, -0.2) is 63.1 Å². The molecule has 218 valence electrons. The fraction of sp³-hybridized carbons (Fsp3) is 0.407. The van der Waals surface area contributed by atoms with Crippen LogP contribution in [0, 0.1) is 5.82 Å². The zero-order chi connectivity index (χ0) is 29.3. The number of alkyl halides is 2. The summed E-state index contributed by atoms with van der Waals surface area (Å²) in [5.41, 5.74) is 0.781. The normalized spacial score (nSPS) is 18.4. The van der Waals surface area contributed by atoms with Crippen molar-refractivity contribution in [3.63, 3.8) is 0 Å². The highest BCUT2D eigenvalue weighted by molar-refractivity contribution is 6.04. The number of rotatable bonds is 9. The van der Waals surface area contributed by atoms with Crippen LogP contribution in [0.25, 0.3) is 11.3 Å². The van der Waals surface area contributed by atoms with Gasteiger partial charge in [-0.1, -0.05) is 12.8 Å². The first-order valence-corrected chi connectivity index (χ1v) is 13.0. The van der Waals surface area contributed by atoms with Gasteiger partial charge in [0, 0.05) is 41.5 Å². The number of anilines is 1. The smallest absolute Gasteiger partial charge is 0.404 e. The maximum atomic E-state index is 16.1. The molecule has 2 aliphatic rings. The van der Waals surface area contributed by atoms with Crippen molar-refractivity contribution in [2.75, 3.05) is 19.5 Å². The van der Waals surface area contributed by atoms with Gasteiger partial charge >= 0.3 is 12.6 Å². The van der Waals surface area contributed by atoms with Gasteiger partial charge in [0.2, 0.25) is 0 Å². The first kappa shape index (κ1) is 28.1. The van der Waals surface area contributed by atoms with Crippen molar-refractivity contribution >= 4 is 17.8 Å². The van der Waals surface area contributed by atoms with Crippen LogP contribution in [0.3, 0.4) is 0 Å². The summed E-state index contributed by atoms with van der Waals surface area (Å²) in [5.74, 6) is -0.448. The number of halogens is 3. The van der Waals surface area contributed by atoms with Gasteiger partial charge in [-0.2, -0.15) is 13.9 Å². The number of nitrogens with one attached hydrogen (secondary N) is 2. The zero-order valence-corrected chi connectivity index (χ0v) is 22.4. The quantitative estimate of drug-likeness (QED) is 0.337. The number of hydrogen-bond acceptors (Lipinski definition) is 7. The van der Waals surface area contributed by atoms with Crippen LogP contribution in [0.5, 0.6) is 11.5 Å². The van der Waals surface area contributed by atoms with Gasteiger partial charge in [0.05, 0.1) is 44.3 Å². The third kappa shape index (κ3) is 5.58. The summed E-state index contributed by atoms with van der Waals surface area (Å²) in [5, 5.41) is 18.4. The fourth-order valence-electron chi connectivity index (χ4n) is 5.41. The Morgan fingerprint density at radius 2 is 1.95 bits per heavy atom. The van der Waals surface area contributed by atoms with Gasteiger partial charge in [0.15, 0.2) is 11.6 Å². The summed E-state index contributed by atoms with van der Waals surface area (Å²) in [6, 6.07) is 4.17. The number of fused-ring (bicyclic) bond motifs is 1. The number of amides is 2. The van der Waals surface area contributed by atoms with Crippen LogP contribution in [0.15, 0.2) is 30.6 Å². The van der Waals surface area contributed by atoms with Crippen molar-refractivity contribution < 1.29 is 37.3 Å². The van der Waals surface area contributed by atoms with E-state index >= 15 is 4.39 Å². The molecular weight excluding hydrogens is 545 g/mol. The van der Waals surface area contributed by atoms with Gasteiger partial charge in [-0.3, -0.25) is 4.79 Å². The molecule has 2 atom stereocenters. The van der Waals surface area contributed by atoms with E-state index in [1.54, 1.807) is 18.2 Å². The number of benzene rings is 1. The lowest BCUT2D eigenvalue weighted by Gasteiger charge is -2.32. The van der Waals surface area contributed by atoms with Crippen LogP contribution < -0.4 is 20.1 Å². The summed E-state index contributed by atoms with van der Waals surface area (Å²) >= 11 is 0. The molecule has 2 aromatic heterocycles. The number of ether oxygens (including phenoxy) is 2. The van der Waals surface area contributed by atoms with Crippen molar-refractivity contribution in [3.8, 4) is 22.8 Å². The predicted octanol–water partition coefficient (Wildman–Crippen LogP) is 4.64. The van der Waals surface area contributed by atoms with Gasteiger partial charge in [-0.15, -0.1) is 0 Å². The molecule has 3 N–H and O–H groups in total. The summed E-state index contributed by atoms with van der Waals surface area (Å²) < 4.78 is 53.8. The number of carbonyl (C=O) groups excluding carboxylic acids is 1. The minimum Gasteiger partial charge on any atom is -0.497 e. The minimum atomic E-state index is -2.92. The van der Waals surface area contributed by atoms with E-state index in [0.29, 0.717) is 34.6 Å². The largest absolute Gasteiger partial charge is 0.497 e. The molecule has 1 saturated carbocycles. The topological polar surface area (TPSA) is 131 Å². The lowest BCUT2D eigenvalue weighted by Crippen LogP contribution is -2.48. The molecule has 3 aromatic rings. The maximum Gasteiger partial charge on any atom is 0.404 e. The SMILES string of the molecule is COc1ccc(CN2Cc3c(F)c(NC4CCCCC4NC(=O)O)nc(-c4cnn(C(F)F)c4)c3C2=O)c(OC)c1. The van der Waals surface area contributed by atoms with Crippen LogP contribution in [0.4, 0.5) is 23.8 Å². The highest BCUT2D eigenvalue weighted by Gasteiger charge is 2.37. The van der Waals surface area contributed by atoms with Crippen LogP contribution in [0.1, 0.15) is 53.7 Å². The Morgan fingerprint density at radius 3 is 2.61 bits per heavy atom. The third-order valence-electron chi connectivity index (χ3n) is 7.41. The Hall–Kier alpha value is -4.49. The van der Waals surface area contributed by atoms with Crippen molar-refractivity contribution in [2.24, 2.45) is 0 Å². The highest BCUT2D eigenvalue weighted by Crippen LogP contribution is 2.38. The third-order valence-corrected chi connectivity index (χ3v) is 7.41. The molecule has 5 rings (SSSR count). The molecule has 11 nitrogen and oxygen atoms in total. The first-order valence-electron chi connectivity index (χ1n) is 13.0. The maximum absolute atomic E-state index is 16.1. The second-order valence-corrected chi connectivity index (χ2v) is 9.89. The molecule has 3 heterocycles. The Kier molecular flexibility index (Phi) is 7.90. The minimum absolute atomic E-state index is 0.00329. The molecule has 2 unspecified atom stereocenters. The standard InChI is InChI=1S/C27H29F3N6O5/c1-40-16-8-7-14(20(9-16)41-2)11-35-13-17-21(25(35)37)23(15-10-31-36(12-15)26(29)30)34-24(22(17)28)32-18-5-3-4-6-19(18)33-27(38)39/h7-10,12,18-19,26,33H,3-6,11,13H2,1-2H3,(H,32,34)(H,38,39). The van der Waals surface area contributed by atoms with Gasteiger partial charge in [0.1, 0.15) is 11.5 Å². The van der Waals surface area contributed by atoms with E-state index in [1.165, 1.54) is 19.1 Å². The Bertz CT molecular complexity index is 1470. The molecule has 0 spiro atoms. The number of nitrogens with zero attached hydrogens (tertiary/aromatic N) is 4. The Labute approximate surface area is 233 Å². The van der Waals surface area contributed by atoms with Gasteiger partial charge in [0.25, 0.3) is 5.91 Å². The summed E-state index contributed by atoms with van der Waals surface area (Å²) in [6.45, 7) is -2.95. The van der Waals surface area contributed by atoms with Gasteiger partial charge in [-0.05, 0) is 25.0 Å². The molecule has 1 aliphatic heterocycles. The molecule has 0 radical (unpaired) electrons. The van der Waals surface area contributed by atoms with Gasteiger partial charge in [-0.25, -0.2) is 18.9 Å². The van der Waals surface area contributed by atoms with Gasteiger partial charge < -0.3 is 30.1 Å². The van der Waals surface area contributed by atoms with E-state index in [9.17, 15) is 23.5 Å². The predicted molar refractivity (Wildman–Crippen MR) is 141 cm³/mol. The molecule has 0 bridgehead atoms. The van der Waals surface area contributed by atoms with E-state index in [2.05, 4.69) is 20.7 Å². The average molecular weight is 575 g/mol. The second-order valence-electron chi connectivity index (χ2n) is 9.89. The highest BCUT2D eigenvalue weighted by atomic mass is 19.3. The molecule has 2 amide bonds. The van der Waals surface area contributed by atoms with Crippen LogP contribution in [-0.2, 0) is 13.1 Å². The number of hydrogen-bond donors (Lipinski definition) is 3. The molecule has 0 saturated heterocycles. The lowest BCUT2D eigenvalue weighted by atomic mass is 9.90. The first-order chi connectivity index (χ1) is 19.7. The fourth-order valence-corrected chi connectivity index (χ4v) is 5.41. The molecule has 1 fully saturated rings. The van der Waals surface area contributed by atoms with Crippen molar-refractivity contribution in [1.82, 2.24) is 25.0 Å². The van der Waals surface area contributed by atoms with E-state index in [4.69, 9.17) is 9.47 Å². The average Bonchev–Trinajstić information content (AvgIpc) is 3.57. The second kappa shape index (κ2) is 11.6. The molecular formula is C27H29F3N6O5. The van der Waals surface area contributed by atoms with Crippen LogP contribution >= 0.6 is 0 Å². The summed E-state index contributed by atoms with van der Waals surface area (Å²) in [6.07, 6.45) is 3.72. The number of methoxy groups -OCH3 is 2. The number of aromatic nitrogens is 3. The molecule has 14 heteroatoms. The zero-order valence-electron chi connectivity index (χ0n) is 22.4.